The van der Waals surface area contributed by atoms with Crippen LogP contribution in [0.3, 0.4) is 0 Å². The zero-order valence-corrected chi connectivity index (χ0v) is 15.7. The quantitative estimate of drug-likeness (QED) is 0.574. The maximum atomic E-state index is 12.1. The number of ether oxygens (including phenoxy) is 1. The van der Waals surface area contributed by atoms with Crippen LogP contribution in [0.1, 0.15) is 11.1 Å². The minimum Gasteiger partial charge on any atom is -0.484 e. The average Bonchev–Trinajstić information content (AvgIpc) is 3.25. The van der Waals surface area contributed by atoms with E-state index in [-0.39, 0.29) is 12.5 Å². The highest BCUT2D eigenvalue weighted by Crippen LogP contribution is 2.25. The first kappa shape index (κ1) is 17.2. The molecule has 27 heavy (non-hydrogen) atoms. The van der Waals surface area contributed by atoms with Crippen LogP contribution < -0.4 is 10.1 Å². The van der Waals surface area contributed by atoms with Crippen LogP contribution in [0.15, 0.2) is 48.8 Å². The third kappa shape index (κ3) is 3.80. The number of fused-ring (bicyclic) bond motifs is 1. The molecule has 0 radical (unpaired) electrons. The van der Waals surface area contributed by atoms with Crippen molar-refractivity contribution in [3.05, 3.63) is 59.9 Å². The van der Waals surface area contributed by atoms with Crippen molar-refractivity contribution in [2.45, 2.75) is 13.8 Å². The van der Waals surface area contributed by atoms with E-state index in [0.717, 1.165) is 21.1 Å². The third-order valence-electron chi connectivity index (χ3n) is 4.15. The Morgan fingerprint density at radius 2 is 1.96 bits per heavy atom. The Balaban J connectivity index is 1.36. The van der Waals surface area contributed by atoms with Crippen molar-refractivity contribution in [3.8, 4) is 16.3 Å². The van der Waals surface area contributed by atoms with Crippen molar-refractivity contribution in [2.24, 2.45) is 0 Å². The molecule has 0 fully saturated rings. The predicted molar refractivity (Wildman–Crippen MR) is 104 cm³/mol. The molecular weight excluding hydrogens is 362 g/mol. The lowest BCUT2D eigenvalue weighted by Gasteiger charge is -2.09. The number of rotatable bonds is 5. The molecule has 0 atom stereocenters. The maximum Gasteiger partial charge on any atom is 0.262 e. The summed E-state index contributed by atoms with van der Waals surface area (Å²) >= 11 is 1.46. The molecule has 7 nitrogen and oxygen atoms in total. The van der Waals surface area contributed by atoms with Crippen LogP contribution in [0, 0.1) is 13.8 Å². The van der Waals surface area contributed by atoms with Crippen LogP contribution in [0.2, 0.25) is 0 Å². The fraction of sp³-hybridized carbons (Fsp3) is 0.158. The Bertz CT molecular complexity index is 1070. The molecule has 0 aliphatic rings. The number of benzene rings is 2. The van der Waals surface area contributed by atoms with Crippen molar-refractivity contribution < 1.29 is 9.53 Å². The van der Waals surface area contributed by atoms with E-state index in [1.807, 2.05) is 56.3 Å². The van der Waals surface area contributed by atoms with E-state index in [0.29, 0.717) is 11.4 Å². The van der Waals surface area contributed by atoms with E-state index in [9.17, 15) is 4.79 Å². The number of anilines is 1. The largest absolute Gasteiger partial charge is 0.484 e. The van der Waals surface area contributed by atoms with Crippen LogP contribution in [-0.2, 0) is 4.79 Å². The van der Waals surface area contributed by atoms with Gasteiger partial charge in [-0.15, -0.1) is 10.2 Å². The van der Waals surface area contributed by atoms with Gasteiger partial charge in [-0.2, -0.15) is 9.61 Å². The number of nitrogens with one attached hydrogen (secondary N) is 1. The van der Waals surface area contributed by atoms with Crippen molar-refractivity contribution in [1.82, 2.24) is 19.8 Å². The van der Waals surface area contributed by atoms with E-state index in [1.165, 1.54) is 16.9 Å². The summed E-state index contributed by atoms with van der Waals surface area (Å²) in [6.45, 7) is 4.01. The number of nitrogens with zero attached hydrogens (tertiary/aromatic N) is 4. The number of hydrogen-bond acceptors (Lipinski definition) is 6. The van der Waals surface area contributed by atoms with Crippen LogP contribution in [0.5, 0.6) is 5.75 Å². The number of amides is 1. The van der Waals surface area contributed by atoms with Crippen molar-refractivity contribution in [1.29, 1.82) is 0 Å². The van der Waals surface area contributed by atoms with Crippen molar-refractivity contribution in [3.63, 3.8) is 0 Å². The molecule has 2 heterocycles. The van der Waals surface area contributed by atoms with Crippen LogP contribution in [0.25, 0.3) is 15.5 Å². The Morgan fingerprint density at radius 3 is 2.70 bits per heavy atom. The van der Waals surface area contributed by atoms with Crippen molar-refractivity contribution >= 4 is 27.9 Å². The summed E-state index contributed by atoms with van der Waals surface area (Å²) in [5.74, 6) is 0.478. The minimum atomic E-state index is -0.209. The number of carbonyl (C=O) groups is 1. The summed E-state index contributed by atoms with van der Waals surface area (Å²) in [4.78, 5) is 12.9. The molecule has 2 aromatic carbocycles. The van der Waals surface area contributed by atoms with Gasteiger partial charge in [-0.25, -0.2) is 0 Å². The zero-order valence-electron chi connectivity index (χ0n) is 14.8. The van der Waals surface area contributed by atoms with Gasteiger partial charge in [-0.1, -0.05) is 17.4 Å². The summed E-state index contributed by atoms with van der Waals surface area (Å²) in [6, 6.07) is 13.3. The summed E-state index contributed by atoms with van der Waals surface area (Å²) in [5.41, 5.74) is 3.98. The Morgan fingerprint density at radius 1 is 1.15 bits per heavy atom. The third-order valence-corrected chi connectivity index (χ3v) is 5.11. The fourth-order valence-electron chi connectivity index (χ4n) is 2.52. The van der Waals surface area contributed by atoms with Gasteiger partial charge in [0.1, 0.15) is 17.1 Å². The highest BCUT2D eigenvalue weighted by atomic mass is 32.1. The molecule has 0 bridgehead atoms. The molecule has 0 saturated heterocycles. The molecule has 0 unspecified atom stereocenters. The lowest BCUT2D eigenvalue weighted by atomic mass is 10.1. The van der Waals surface area contributed by atoms with Gasteiger partial charge in [-0.05, 0) is 61.4 Å². The molecule has 0 spiro atoms. The lowest BCUT2D eigenvalue weighted by molar-refractivity contribution is -0.118. The fourth-order valence-corrected chi connectivity index (χ4v) is 3.35. The second-order valence-corrected chi connectivity index (χ2v) is 7.08. The first-order chi connectivity index (χ1) is 13.1. The van der Waals surface area contributed by atoms with Gasteiger partial charge in [-0.3, -0.25) is 4.79 Å². The van der Waals surface area contributed by atoms with Gasteiger partial charge in [0, 0.05) is 11.3 Å². The highest BCUT2D eigenvalue weighted by Gasteiger charge is 2.09. The Kier molecular flexibility index (Phi) is 4.55. The number of carbonyl (C=O) groups excluding carboxylic acids is 1. The van der Waals surface area contributed by atoms with Gasteiger partial charge >= 0.3 is 0 Å². The summed E-state index contributed by atoms with van der Waals surface area (Å²) in [7, 11) is 0. The minimum absolute atomic E-state index is 0.0407. The van der Waals surface area contributed by atoms with Crippen LogP contribution in [0.4, 0.5) is 5.69 Å². The molecule has 136 valence electrons. The lowest BCUT2D eigenvalue weighted by Crippen LogP contribution is -2.20. The molecule has 4 aromatic rings. The SMILES string of the molecule is Cc1ccc(OCC(=O)Nc2ccc(-c3nn4cnnc4s3)cc2)cc1C. The van der Waals surface area contributed by atoms with Gasteiger partial charge in [0.2, 0.25) is 4.96 Å². The van der Waals surface area contributed by atoms with E-state index < -0.39 is 0 Å². The molecular formula is C19H17N5O2S. The zero-order chi connectivity index (χ0) is 18.8. The Labute approximate surface area is 159 Å². The first-order valence-corrected chi connectivity index (χ1v) is 9.17. The number of aromatic nitrogens is 4. The molecule has 0 aliphatic carbocycles. The summed E-state index contributed by atoms with van der Waals surface area (Å²) in [6.07, 6.45) is 1.57. The molecule has 0 aliphatic heterocycles. The van der Waals surface area contributed by atoms with Crippen molar-refractivity contribution in [2.75, 3.05) is 11.9 Å². The van der Waals surface area contributed by atoms with Gasteiger partial charge < -0.3 is 10.1 Å². The highest BCUT2D eigenvalue weighted by molar-refractivity contribution is 7.19. The van der Waals surface area contributed by atoms with Gasteiger partial charge in [0.25, 0.3) is 5.91 Å². The van der Waals surface area contributed by atoms with Crippen LogP contribution in [-0.4, -0.2) is 32.3 Å². The number of aryl methyl sites for hydroxylation is 2. The van der Waals surface area contributed by atoms with Gasteiger partial charge in [0.05, 0.1) is 0 Å². The summed E-state index contributed by atoms with van der Waals surface area (Å²) < 4.78 is 7.20. The average molecular weight is 379 g/mol. The number of hydrogen-bond donors (Lipinski definition) is 1. The molecule has 2 aromatic heterocycles. The van der Waals surface area contributed by atoms with E-state index >= 15 is 0 Å². The first-order valence-electron chi connectivity index (χ1n) is 8.36. The molecule has 1 amide bonds. The smallest absolute Gasteiger partial charge is 0.262 e. The standard InChI is InChI=1S/C19H17N5O2S/c1-12-3-8-16(9-13(12)2)26-10-17(25)21-15-6-4-14(5-7-15)18-23-24-11-20-22-19(24)27-18/h3-9,11H,10H2,1-2H3,(H,21,25). The second kappa shape index (κ2) is 7.16. The van der Waals surface area contributed by atoms with E-state index in [2.05, 4.69) is 20.6 Å². The normalized spacial score (nSPS) is 10.9. The predicted octanol–water partition coefficient (Wildman–Crippen LogP) is 3.49. The summed E-state index contributed by atoms with van der Waals surface area (Å²) in [5, 5.41) is 15.9. The topological polar surface area (TPSA) is 81.4 Å². The monoisotopic (exact) mass is 379 g/mol. The van der Waals surface area contributed by atoms with E-state index in [1.54, 1.807) is 10.8 Å². The molecule has 4 rings (SSSR count). The second-order valence-electron chi connectivity index (χ2n) is 6.13. The Hall–Kier alpha value is -3.26. The molecule has 0 saturated carbocycles. The van der Waals surface area contributed by atoms with Crippen LogP contribution >= 0.6 is 11.3 Å². The maximum absolute atomic E-state index is 12.1. The van der Waals surface area contributed by atoms with Gasteiger partial charge in [0.15, 0.2) is 6.61 Å². The molecule has 1 N–H and O–H groups in total. The molecule has 8 heteroatoms. The van der Waals surface area contributed by atoms with E-state index in [4.69, 9.17) is 4.74 Å².